The average molecular weight is 399 g/mol. The zero-order valence-corrected chi connectivity index (χ0v) is 15.5. The second kappa shape index (κ2) is 8.48. The Morgan fingerprint density at radius 2 is 1.88 bits per heavy atom. The highest BCUT2D eigenvalue weighted by atomic mass is 79.9. The van der Waals surface area contributed by atoms with E-state index in [1.165, 1.54) is 0 Å². The number of urea groups is 1. The molecule has 0 bridgehead atoms. The van der Waals surface area contributed by atoms with Crippen LogP contribution in [0, 0.1) is 5.92 Å². The molecule has 2 rings (SSSR count). The number of methoxy groups -OCH3 is 1. The lowest BCUT2D eigenvalue weighted by Crippen LogP contribution is -2.49. The summed E-state index contributed by atoms with van der Waals surface area (Å²) in [6.45, 7) is 2.83. The first-order chi connectivity index (χ1) is 11.4. The Morgan fingerprint density at radius 3 is 2.38 bits per heavy atom. The van der Waals surface area contributed by atoms with E-state index in [0.717, 1.165) is 10.0 Å². The molecule has 132 valence electrons. The van der Waals surface area contributed by atoms with Crippen molar-refractivity contribution in [2.75, 3.05) is 20.2 Å². The fourth-order valence-corrected chi connectivity index (χ4v) is 3.24. The summed E-state index contributed by atoms with van der Waals surface area (Å²) >= 11 is 3.40. The van der Waals surface area contributed by atoms with E-state index in [4.69, 9.17) is 9.84 Å². The van der Waals surface area contributed by atoms with Gasteiger partial charge in [-0.1, -0.05) is 28.1 Å². The fraction of sp³-hybridized carbons (Fsp3) is 0.529. The first-order valence-corrected chi connectivity index (χ1v) is 8.78. The van der Waals surface area contributed by atoms with Crippen LogP contribution in [0.15, 0.2) is 28.7 Å². The van der Waals surface area contributed by atoms with Gasteiger partial charge in [0.1, 0.15) is 6.10 Å². The molecule has 1 heterocycles. The number of rotatable bonds is 5. The molecule has 0 aromatic heterocycles. The van der Waals surface area contributed by atoms with Gasteiger partial charge in [-0.15, -0.1) is 0 Å². The number of ether oxygens (including phenoxy) is 1. The molecule has 0 spiro atoms. The maximum atomic E-state index is 12.4. The van der Waals surface area contributed by atoms with Gasteiger partial charge in [-0.05, 0) is 37.5 Å². The number of carboxylic acids is 1. The lowest BCUT2D eigenvalue weighted by Gasteiger charge is -2.32. The number of piperidine rings is 1. The lowest BCUT2D eigenvalue weighted by molar-refractivity contribution is -0.143. The number of carboxylic acid groups (broad SMARTS) is 1. The number of nitrogens with zero attached hydrogens (tertiary/aromatic N) is 1. The van der Waals surface area contributed by atoms with Gasteiger partial charge in [-0.3, -0.25) is 4.79 Å². The summed E-state index contributed by atoms with van der Waals surface area (Å²) < 4.78 is 6.53. The normalized spacial score (nSPS) is 18.0. The van der Waals surface area contributed by atoms with Gasteiger partial charge in [-0.25, -0.2) is 4.79 Å². The van der Waals surface area contributed by atoms with E-state index in [9.17, 15) is 9.59 Å². The number of carbonyl (C=O) groups excluding carboxylic acids is 1. The second-order valence-electron chi connectivity index (χ2n) is 6.05. The van der Waals surface area contributed by atoms with Crippen LogP contribution in [0.25, 0.3) is 0 Å². The quantitative estimate of drug-likeness (QED) is 0.798. The van der Waals surface area contributed by atoms with Crippen LogP contribution in [0.1, 0.15) is 31.4 Å². The number of amides is 2. The van der Waals surface area contributed by atoms with Gasteiger partial charge in [0.25, 0.3) is 0 Å². The molecule has 1 aromatic carbocycles. The highest BCUT2D eigenvalue weighted by molar-refractivity contribution is 9.10. The van der Waals surface area contributed by atoms with Crippen molar-refractivity contribution in [2.45, 2.75) is 31.9 Å². The SMILES string of the molecule is COC(c1ccc(Br)cc1)C(C)NC(=O)N1CCC(C(=O)O)CC1. The van der Waals surface area contributed by atoms with E-state index in [1.54, 1.807) is 12.0 Å². The van der Waals surface area contributed by atoms with Crippen LogP contribution < -0.4 is 5.32 Å². The maximum absolute atomic E-state index is 12.4. The van der Waals surface area contributed by atoms with Crippen molar-refractivity contribution in [1.82, 2.24) is 10.2 Å². The van der Waals surface area contributed by atoms with Crippen LogP contribution in [0.5, 0.6) is 0 Å². The smallest absolute Gasteiger partial charge is 0.317 e. The van der Waals surface area contributed by atoms with E-state index in [0.29, 0.717) is 25.9 Å². The number of likely N-dealkylation sites (tertiary alicyclic amines) is 1. The van der Waals surface area contributed by atoms with E-state index in [-0.39, 0.29) is 24.1 Å². The minimum atomic E-state index is -0.780. The summed E-state index contributed by atoms with van der Waals surface area (Å²) in [6, 6.07) is 7.41. The Bertz CT molecular complexity index is 570. The summed E-state index contributed by atoms with van der Waals surface area (Å²) in [5.41, 5.74) is 0.984. The van der Waals surface area contributed by atoms with Crippen LogP contribution in [-0.4, -0.2) is 48.2 Å². The Hall–Kier alpha value is -1.60. The number of carbonyl (C=O) groups is 2. The van der Waals surface area contributed by atoms with Crippen molar-refractivity contribution < 1.29 is 19.4 Å². The zero-order valence-electron chi connectivity index (χ0n) is 13.9. The number of aliphatic carboxylic acids is 1. The predicted octanol–water partition coefficient (Wildman–Crippen LogP) is 3.03. The van der Waals surface area contributed by atoms with Crippen LogP contribution in [0.4, 0.5) is 4.79 Å². The molecule has 2 N–H and O–H groups in total. The largest absolute Gasteiger partial charge is 0.481 e. The Balaban J connectivity index is 1.92. The van der Waals surface area contributed by atoms with E-state index < -0.39 is 5.97 Å². The monoisotopic (exact) mass is 398 g/mol. The topological polar surface area (TPSA) is 78.9 Å². The molecule has 6 nitrogen and oxygen atoms in total. The van der Waals surface area contributed by atoms with Crippen LogP contribution in [-0.2, 0) is 9.53 Å². The summed E-state index contributed by atoms with van der Waals surface area (Å²) in [7, 11) is 1.62. The summed E-state index contributed by atoms with van der Waals surface area (Å²) in [5, 5.41) is 12.0. The Kier molecular flexibility index (Phi) is 6.62. The van der Waals surface area contributed by atoms with Gasteiger partial charge in [0.2, 0.25) is 0 Å². The van der Waals surface area contributed by atoms with Crippen molar-refractivity contribution in [3.8, 4) is 0 Å². The Labute approximate surface area is 150 Å². The van der Waals surface area contributed by atoms with Gasteiger partial charge in [0.05, 0.1) is 12.0 Å². The summed E-state index contributed by atoms with van der Waals surface area (Å²) in [4.78, 5) is 25.0. The van der Waals surface area contributed by atoms with Crippen LogP contribution in [0.3, 0.4) is 0 Å². The van der Waals surface area contributed by atoms with Gasteiger partial charge < -0.3 is 20.1 Å². The van der Waals surface area contributed by atoms with Gasteiger partial charge >= 0.3 is 12.0 Å². The van der Waals surface area contributed by atoms with Crippen LogP contribution in [0.2, 0.25) is 0 Å². The number of hydrogen-bond donors (Lipinski definition) is 2. The predicted molar refractivity (Wildman–Crippen MR) is 93.8 cm³/mol. The zero-order chi connectivity index (χ0) is 17.7. The third-order valence-electron chi connectivity index (χ3n) is 4.39. The highest BCUT2D eigenvalue weighted by Crippen LogP contribution is 2.23. The van der Waals surface area contributed by atoms with Crippen molar-refractivity contribution >= 4 is 27.9 Å². The molecule has 0 aliphatic carbocycles. The molecule has 0 radical (unpaired) electrons. The van der Waals surface area contributed by atoms with Crippen molar-refractivity contribution in [1.29, 1.82) is 0 Å². The van der Waals surface area contributed by atoms with E-state index in [2.05, 4.69) is 21.2 Å². The van der Waals surface area contributed by atoms with Crippen LogP contribution >= 0.6 is 15.9 Å². The third kappa shape index (κ3) is 4.70. The number of hydrogen-bond acceptors (Lipinski definition) is 3. The average Bonchev–Trinajstić information content (AvgIpc) is 2.57. The minimum Gasteiger partial charge on any atom is -0.481 e. The van der Waals surface area contributed by atoms with Crippen molar-refractivity contribution in [3.63, 3.8) is 0 Å². The summed E-state index contributed by atoms with van der Waals surface area (Å²) in [5.74, 6) is -1.13. The second-order valence-corrected chi connectivity index (χ2v) is 6.96. The van der Waals surface area contributed by atoms with Crippen molar-refractivity contribution in [3.05, 3.63) is 34.3 Å². The molecule has 1 aliphatic heterocycles. The molecule has 24 heavy (non-hydrogen) atoms. The first kappa shape index (κ1) is 18.7. The standard InChI is InChI=1S/C17H23BrN2O4/c1-11(15(24-2)12-3-5-14(18)6-4-12)19-17(23)20-9-7-13(8-10-20)16(21)22/h3-6,11,13,15H,7-10H2,1-2H3,(H,19,23)(H,21,22). The summed E-state index contributed by atoms with van der Waals surface area (Å²) in [6.07, 6.45) is 0.744. The number of benzene rings is 1. The minimum absolute atomic E-state index is 0.175. The first-order valence-electron chi connectivity index (χ1n) is 7.99. The number of nitrogens with one attached hydrogen (secondary N) is 1. The lowest BCUT2D eigenvalue weighted by atomic mass is 9.97. The molecule has 1 saturated heterocycles. The highest BCUT2D eigenvalue weighted by Gasteiger charge is 2.29. The molecular weight excluding hydrogens is 376 g/mol. The number of halogens is 1. The maximum Gasteiger partial charge on any atom is 0.317 e. The molecule has 7 heteroatoms. The molecule has 1 aromatic rings. The molecule has 1 aliphatic rings. The fourth-order valence-electron chi connectivity index (χ4n) is 2.97. The molecular formula is C17H23BrN2O4. The van der Waals surface area contributed by atoms with Crippen molar-refractivity contribution in [2.24, 2.45) is 5.92 Å². The third-order valence-corrected chi connectivity index (χ3v) is 4.92. The Morgan fingerprint density at radius 1 is 1.29 bits per heavy atom. The molecule has 2 atom stereocenters. The van der Waals surface area contributed by atoms with E-state index >= 15 is 0 Å². The molecule has 1 fully saturated rings. The molecule has 0 saturated carbocycles. The molecule has 2 unspecified atom stereocenters. The van der Waals surface area contributed by atoms with Gasteiger partial charge in [-0.2, -0.15) is 0 Å². The van der Waals surface area contributed by atoms with Gasteiger partial charge in [0.15, 0.2) is 0 Å². The van der Waals surface area contributed by atoms with Gasteiger partial charge in [0, 0.05) is 24.7 Å². The molecule has 2 amide bonds. The van der Waals surface area contributed by atoms with E-state index in [1.807, 2.05) is 31.2 Å².